The molecule has 13 heteroatoms. The first-order valence-corrected chi connectivity index (χ1v) is 20.0. The number of oxime groups is 1. The van der Waals surface area contributed by atoms with Crippen molar-refractivity contribution in [2.45, 2.75) is 83.1 Å². The van der Waals surface area contributed by atoms with Crippen molar-refractivity contribution in [3.05, 3.63) is 117 Å². The Balaban J connectivity index is 1.53. The van der Waals surface area contributed by atoms with Gasteiger partial charge in [-0.15, -0.1) is 6.58 Å². The van der Waals surface area contributed by atoms with Crippen molar-refractivity contribution in [1.82, 2.24) is 4.90 Å². The molecule has 1 fully saturated rings. The molecule has 0 saturated heterocycles. The number of rotatable bonds is 18. The van der Waals surface area contributed by atoms with Crippen LogP contribution in [0.5, 0.6) is 17.2 Å². The number of nitro benzene ring substituents is 1. The number of aryl methyl sites for hydroxylation is 2. The van der Waals surface area contributed by atoms with Crippen LogP contribution in [0.4, 0.5) is 10.5 Å². The van der Waals surface area contributed by atoms with Gasteiger partial charge in [-0.2, -0.15) is 0 Å². The lowest BCUT2D eigenvalue weighted by molar-refractivity contribution is -0.384. The summed E-state index contributed by atoms with van der Waals surface area (Å²) in [5, 5.41) is 35.7. The number of ether oxygens (including phenoxy) is 4. The van der Waals surface area contributed by atoms with Gasteiger partial charge in [0, 0.05) is 50.3 Å². The zero-order valence-corrected chi connectivity index (χ0v) is 33.8. The molecule has 0 spiro atoms. The van der Waals surface area contributed by atoms with Crippen molar-refractivity contribution in [2.75, 3.05) is 34.0 Å². The van der Waals surface area contributed by atoms with Crippen LogP contribution < -0.4 is 9.47 Å². The predicted molar refractivity (Wildman–Crippen MR) is 219 cm³/mol. The van der Waals surface area contributed by atoms with E-state index >= 15 is 0 Å². The first-order chi connectivity index (χ1) is 28.0. The molecule has 3 aromatic carbocycles. The summed E-state index contributed by atoms with van der Waals surface area (Å²) in [4.78, 5) is 31.8. The number of allylic oxidation sites excluding steroid dienone is 1. The van der Waals surface area contributed by atoms with E-state index in [-0.39, 0.29) is 56.3 Å². The molecule has 1 heterocycles. The van der Waals surface area contributed by atoms with Gasteiger partial charge in [0.2, 0.25) is 5.79 Å². The number of amides is 1. The molecule has 1 aliphatic heterocycles. The van der Waals surface area contributed by atoms with E-state index in [0.717, 1.165) is 42.4 Å². The van der Waals surface area contributed by atoms with Crippen LogP contribution in [0.15, 0.2) is 90.1 Å². The maximum absolute atomic E-state index is 13.5. The monoisotopic (exact) mass is 797 g/mol. The molecule has 310 valence electrons. The van der Waals surface area contributed by atoms with E-state index in [4.69, 9.17) is 28.9 Å². The highest BCUT2D eigenvalue weighted by Gasteiger charge is 2.65. The molecule has 2 N–H and O–H groups in total. The zero-order valence-electron chi connectivity index (χ0n) is 33.8. The van der Waals surface area contributed by atoms with Gasteiger partial charge < -0.3 is 38.9 Å². The van der Waals surface area contributed by atoms with Gasteiger partial charge in [-0.1, -0.05) is 36.2 Å². The number of carbonyl (C=O) groups excluding carboxylic acids is 1. The number of hydrogen-bond acceptors (Lipinski definition) is 11. The Labute approximate surface area is 340 Å². The Morgan fingerprint density at radius 1 is 1.02 bits per heavy atom. The third-order valence-electron chi connectivity index (χ3n) is 11.8. The summed E-state index contributed by atoms with van der Waals surface area (Å²) in [6.45, 7) is 8.41. The lowest BCUT2D eigenvalue weighted by atomic mass is 9.55. The van der Waals surface area contributed by atoms with Gasteiger partial charge in [-0.05, 0) is 116 Å². The molecule has 6 unspecified atom stereocenters. The Bertz CT molecular complexity index is 2000. The van der Waals surface area contributed by atoms with Crippen LogP contribution in [-0.4, -0.2) is 77.6 Å². The summed E-state index contributed by atoms with van der Waals surface area (Å²) in [6.07, 6.45) is 8.01. The fraction of sp³-hybridized carbons (Fsp3) is 0.467. The average Bonchev–Trinajstić information content (AvgIpc) is 3.22. The predicted octanol–water partition coefficient (Wildman–Crippen LogP) is 8.54. The second kappa shape index (κ2) is 19.0. The molecule has 1 saturated carbocycles. The molecule has 3 aliphatic rings. The summed E-state index contributed by atoms with van der Waals surface area (Å²) in [6, 6.07) is 17.2. The molecule has 2 aliphatic carbocycles. The van der Waals surface area contributed by atoms with E-state index in [2.05, 4.69) is 32.6 Å². The summed E-state index contributed by atoms with van der Waals surface area (Å²) in [7, 11) is 2.99. The van der Waals surface area contributed by atoms with Crippen LogP contribution >= 0.6 is 0 Å². The molecule has 0 aromatic heterocycles. The van der Waals surface area contributed by atoms with Gasteiger partial charge in [0.05, 0.1) is 30.3 Å². The van der Waals surface area contributed by atoms with Crippen molar-refractivity contribution < 1.29 is 43.7 Å². The van der Waals surface area contributed by atoms with Crippen molar-refractivity contribution in [3.63, 3.8) is 0 Å². The smallest absolute Gasteiger partial charge is 0.409 e. The van der Waals surface area contributed by atoms with Gasteiger partial charge in [0.1, 0.15) is 29.9 Å². The third-order valence-corrected chi connectivity index (χ3v) is 11.8. The molecule has 0 bridgehead atoms. The van der Waals surface area contributed by atoms with E-state index in [1.807, 2.05) is 30.3 Å². The highest BCUT2D eigenvalue weighted by atomic mass is 16.7. The highest BCUT2D eigenvalue weighted by Crippen LogP contribution is 2.62. The molecular formula is C45H55N3O10. The van der Waals surface area contributed by atoms with Gasteiger partial charge in [-0.25, -0.2) is 4.79 Å². The highest BCUT2D eigenvalue weighted by molar-refractivity contribution is 6.02. The zero-order chi connectivity index (χ0) is 41.4. The summed E-state index contributed by atoms with van der Waals surface area (Å²) >= 11 is 0. The van der Waals surface area contributed by atoms with Crippen LogP contribution in [0.2, 0.25) is 0 Å². The number of nitro groups is 1. The average molecular weight is 798 g/mol. The number of methoxy groups -OCH3 is 1. The molecule has 6 atom stereocenters. The van der Waals surface area contributed by atoms with Gasteiger partial charge >= 0.3 is 6.09 Å². The minimum absolute atomic E-state index is 0.0220. The number of hydrogen-bond donors (Lipinski definition) is 2. The van der Waals surface area contributed by atoms with E-state index in [0.29, 0.717) is 41.4 Å². The maximum Gasteiger partial charge on any atom is 0.409 e. The number of carbonyl (C=O) groups is 1. The molecule has 0 radical (unpaired) electrons. The molecule has 6 rings (SSSR count). The van der Waals surface area contributed by atoms with Crippen LogP contribution in [0.1, 0.15) is 73.1 Å². The molecule has 1 amide bonds. The quantitative estimate of drug-likeness (QED) is 0.0552. The van der Waals surface area contributed by atoms with Crippen LogP contribution in [-0.2, 0) is 20.9 Å². The number of unbranched alkanes of at least 4 members (excludes halogenated alkanes) is 2. The normalized spacial score (nSPS) is 23.8. The summed E-state index contributed by atoms with van der Waals surface area (Å²) in [5.74, 6) is -0.102. The number of nitrogens with zero attached hydrogens (tertiary/aromatic N) is 3. The van der Waals surface area contributed by atoms with Crippen molar-refractivity contribution in [3.8, 4) is 17.2 Å². The van der Waals surface area contributed by atoms with Crippen LogP contribution in [0.3, 0.4) is 0 Å². The Hall–Kier alpha value is -5.24. The number of fused-ring (bicyclic) bond motifs is 2. The van der Waals surface area contributed by atoms with Crippen molar-refractivity contribution >= 4 is 17.5 Å². The fourth-order valence-corrected chi connectivity index (χ4v) is 8.87. The largest absolute Gasteiger partial charge is 0.459 e. The number of aliphatic hydroxyl groups excluding tert-OH is 2. The third kappa shape index (κ3) is 8.91. The molecule has 13 nitrogen and oxygen atoms in total. The minimum atomic E-state index is -1.42. The van der Waals surface area contributed by atoms with E-state index in [1.165, 1.54) is 29.7 Å². The maximum atomic E-state index is 13.5. The SMILES string of the molecule is C=CCOC12Oc3ccc(Oc4ccc(C)c(C)c4)cc3C3C(CCCCO)C(CCCCO)C=C(C(=NOCc4ccc([N+](=O)[O-])cc4)CC1N(C)C(=O)OC)C32. The van der Waals surface area contributed by atoms with Crippen LogP contribution in [0, 0.1) is 41.7 Å². The fourth-order valence-electron chi connectivity index (χ4n) is 8.87. The summed E-state index contributed by atoms with van der Waals surface area (Å²) < 4.78 is 25.8. The number of likely N-dealkylation sites (N-methyl/N-ethyl adjacent to an activating group) is 1. The Morgan fingerprint density at radius 2 is 1.72 bits per heavy atom. The second-order valence-corrected chi connectivity index (χ2v) is 15.4. The number of non-ortho nitro benzene ring substituents is 1. The van der Waals surface area contributed by atoms with Crippen molar-refractivity contribution in [1.29, 1.82) is 0 Å². The lowest BCUT2D eigenvalue weighted by Crippen LogP contribution is -2.69. The Morgan fingerprint density at radius 3 is 2.40 bits per heavy atom. The van der Waals surface area contributed by atoms with Gasteiger partial charge in [0.15, 0.2) is 0 Å². The number of benzene rings is 3. The van der Waals surface area contributed by atoms with Gasteiger partial charge in [-0.3, -0.25) is 10.1 Å². The van der Waals surface area contributed by atoms with E-state index in [1.54, 1.807) is 25.3 Å². The first-order valence-electron chi connectivity index (χ1n) is 20.0. The van der Waals surface area contributed by atoms with Gasteiger partial charge in [0.25, 0.3) is 5.69 Å². The second-order valence-electron chi connectivity index (χ2n) is 15.4. The van der Waals surface area contributed by atoms with E-state index < -0.39 is 28.8 Å². The molecule has 58 heavy (non-hydrogen) atoms. The topological polar surface area (TPSA) is 162 Å². The van der Waals surface area contributed by atoms with E-state index in [9.17, 15) is 25.1 Å². The Kier molecular flexibility index (Phi) is 13.9. The lowest BCUT2D eigenvalue weighted by Gasteiger charge is -2.59. The van der Waals surface area contributed by atoms with Crippen molar-refractivity contribution in [2.24, 2.45) is 22.9 Å². The molecular weight excluding hydrogens is 743 g/mol. The molecule has 3 aromatic rings. The number of aliphatic hydroxyl groups is 2. The first kappa shape index (κ1) is 42.4. The standard InChI is InChI=1S/C45H55N3O10/c1-6-23-55-45-41(47(4)44(51)54-5)27-39(46-56-28-31-14-16-33(17-15-31)48(52)53)37-25-32(11-7-9-21-49)36(12-8-10-22-50)42(43(37)45)38-26-35(19-20-40(38)58-45)57-34-18-13-29(2)30(3)24-34/h6,13-20,24-26,32,36,41-43,49-50H,1,7-12,21-23,27-28H2,2-5H3. The minimum Gasteiger partial charge on any atom is -0.459 e. The summed E-state index contributed by atoms with van der Waals surface area (Å²) in [5.41, 5.74) is 5.39. The van der Waals surface area contributed by atoms with Crippen LogP contribution in [0.25, 0.3) is 0 Å².